The molecule has 0 bridgehead atoms. The van der Waals surface area contributed by atoms with Crippen LogP contribution in [0.5, 0.6) is 0 Å². The fraction of sp³-hybridized carbons (Fsp3) is 0.348. The Morgan fingerprint density at radius 3 is 2.48 bits per heavy atom. The molecule has 2 aromatic rings. The molecule has 1 atom stereocenters. The summed E-state index contributed by atoms with van der Waals surface area (Å²) in [4.78, 5) is 29.0. The number of carbonyl (C=O) groups excluding carboxylic acids is 2. The molecular formula is C23H25N3O3. The van der Waals surface area contributed by atoms with Crippen LogP contribution in [0.15, 0.2) is 63.8 Å². The molecule has 1 aliphatic heterocycles. The highest BCUT2D eigenvalue weighted by Crippen LogP contribution is 2.29. The molecule has 0 radical (unpaired) electrons. The van der Waals surface area contributed by atoms with Gasteiger partial charge in [0.15, 0.2) is 5.78 Å². The molecule has 1 aliphatic rings. The molecule has 3 rings (SSSR count). The Hall–Kier alpha value is -3.15. The summed E-state index contributed by atoms with van der Waals surface area (Å²) in [6.07, 6.45) is 0.784. The number of benzene rings is 2. The summed E-state index contributed by atoms with van der Waals surface area (Å²) >= 11 is 0. The minimum absolute atomic E-state index is 0.0201. The maximum absolute atomic E-state index is 12.7. The van der Waals surface area contributed by atoms with E-state index in [1.807, 2.05) is 38.1 Å². The Labute approximate surface area is 170 Å². The Balaban J connectivity index is 2.00. The molecule has 0 aromatic heterocycles. The van der Waals surface area contributed by atoms with Crippen LogP contribution in [0, 0.1) is 0 Å². The van der Waals surface area contributed by atoms with Gasteiger partial charge in [-0.05, 0) is 63.9 Å². The highest BCUT2D eigenvalue weighted by atomic mass is 16.5. The van der Waals surface area contributed by atoms with Gasteiger partial charge in [-0.25, -0.2) is 4.79 Å². The van der Waals surface area contributed by atoms with E-state index in [0.29, 0.717) is 17.0 Å². The summed E-state index contributed by atoms with van der Waals surface area (Å²) in [5, 5.41) is 8.55. The lowest BCUT2D eigenvalue weighted by Crippen LogP contribution is -2.38. The molecule has 0 spiro atoms. The Morgan fingerprint density at radius 2 is 1.83 bits per heavy atom. The monoisotopic (exact) mass is 391 g/mol. The van der Waals surface area contributed by atoms with Gasteiger partial charge in [-0.2, -0.15) is 10.2 Å². The molecule has 1 heterocycles. The fourth-order valence-electron chi connectivity index (χ4n) is 3.35. The van der Waals surface area contributed by atoms with Crippen molar-refractivity contribution in [2.24, 2.45) is 15.2 Å². The van der Waals surface area contributed by atoms with Crippen molar-refractivity contribution in [2.75, 3.05) is 6.61 Å². The first kappa shape index (κ1) is 20.6. The van der Waals surface area contributed by atoms with Crippen LogP contribution < -0.4 is 0 Å². The maximum Gasteiger partial charge on any atom is 0.339 e. The maximum atomic E-state index is 12.7. The third-order valence-corrected chi connectivity index (χ3v) is 4.67. The van der Waals surface area contributed by atoms with Gasteiger partial charge in [0.2, 0.25) is 6.04 Å². The average molecular weight is 391 g/mol. The SMILES string of the molecule is CCOC(=O)C(N=Nc1ccc(C(C)=O)cc1)C1=NC(C)(C)Cc2ccccc21. The quantitative estimate of drug-likeness (QED) is 0.406. The van der Waals surface area contributed by atoms with E-state index in [9.17, 15) is 9.59 Å². The van der Waals surface area contributed by atoms with Gasteiger partial charge in [-0.15, -0.1) is 0 Å². The fourth-order valence-corrected chi connectivity index (χ4v) is 3.35. The number of hydrogen-bond acceptors (Lipinski definition) is 6. The van der Waals surface area contributed by atoms with Gasteiger partial charge in [0.1, 0.15) is 0 Å². The van der Waals surface area contributed by atoms with Gasteiger partial charge >= 0.3 is 5.97 Å². The normalized spacial score (nSPS) is 16.1. The number of hydrogen-bond donors (Lipinski definition) is 0. The number of ether oxygens (including phenoxy) is 1. The predicted octanol–water partition coefficient (Wildman–Crippen LogP) is 4.73. The number of nitrogens with zero attached hydrogens (tertiary/aromatic N) is 3. The van der Waals surface area contributed by atoms with E-state index in [1.165, 1.54) is 6.92 Å². The van der Waals surface area contributed by atoms with E-state index in [-0.39, 0.29) is 17.9 Å². The zero-order valence-corrected chi connectivity index (χ0v) is 17.2. The van der Waals surface area contributed by atoms with Crippen molar-refractivity contribution in [1.82, 2.24) is 0 Å². The van der Waals surface area contributed by atoms with E-state index in [4.69, 9.17) is 9.73 Å². The summed E-state index contributed by atoms with van der Waals surface area (Å²) in [6.45, 7) is 7.57. The van der Waals surface area contributed by atoms with Crippen molar-refractivity contribution in [1.29, 1.82) is 0 Å². The van der Waals surface area contributed by atoms with Crippen LogP contribution in [0.25, 0.3) is 0 Å². The van der Waals surface area contributed by atoms with Crippen LogP contribution in [-0.4, -0.2) is 35.7 Å². The second kappa shape index (κ2) is 8.47. The smallest absolute Gasteiger partial charge is 0.339 e. The standard InChI is InChI=1S/C23H25N3O3/c1-5-29-22(28)21(26-25-18-12-10-16(11-13-18)15(2)27)20-19-9-7-6-8-17(19)14-23(3,4)24-20/h6-13,21H,5,14H2,1-4H3. The molecule has 0 saturated carbocycles. The van der Waals surface area contributed by atoms with Gasteiger partial charge in [0.25, 0.3) is 0 Å². The minimum atomic E-state index is -0.955. The molecule has 0 amide bonds. The van der Waals surface area contributed by atoms with Gasteiger partial charge in [-0.3, -0.25) is 9.79 Å². The third kappa shape index (κ3) is 4.83. The van der Waals surface area contributed by atoms with Crippen LogP contribution in [0.2, 0.25) is 0 Å². The molecule has 29 heavy (non-hydrogen) atoms. The summed E-state index contributed by atoms with van der Waals surface area (Å²) in [7, 11) is 0. The molecular weight excluding hydrogens is 366 g/mol. The molecule has 0 saturated heterocycles. The average Bonchev–Trinajstić information content (AvgIpc) is 2.67. The molecule has 0 fully saturated rings. The minimum Gasteiger partial charge on any atom is -0.464 e. The number of rotatable bonds is 6. The molecule has 6 heteroatoms. The summed E-state index contributed by atoms with van der Waals surface area (Å²) in [5.41, 5.74) is 3.38. The first-order valence-electron chi connectivity index (χ1n) is 9.67. The number of fused-ring (bicyclic) bond motifs is 1. The van der Waals surface area contributed by atoms with Crippen LogP contribution in [0.4, 0.5) is 5.69 Å². The van der Waals surface area contributed by atoms with Gasteiger partial charge < -0.3 is 4.74 Å². The molecule has 6 nitrogen and oxygen atoms in total. The van der Waals surface area contributed by atoms with Crippen LogP contribution in [0.3, 0.4) is 0 Å². The van der Waals surface area contributed by atoms with Crippen molar-refractivity contribution in [3.63, 3.8) is 0 Å². The van der Waals surface area contributed by atoms with Gasteiger partial charge in [-0.1, -0.05) is 24.3 Å². The highest BCUT2D eigenvalue weighted by molar-refractivity contribution is 6.16. The number of aliphatic imine (C=N–C) groups is 1. The zero-order chi connectivity index (χ0) is 21.0. The lowest BCUT2D eigenvalue weighted by Gasteiger charge is -2.30. The Bertz CT molecular complexity index is 975. The van der Waals surface area contributed by atoms with E-state index in [1.54, 1.807) is 31.2 Å². The molecule has 150 valence electrons. The number of Topliss-reactive ketones (excluding diaryl/α,β-unsaturated/α-hetero) is 1. The van der Waals surface area contributed by atoms with Crippen LogP contribution >= 0.6 is 0 Å². The van der Waals surface area contributed by atoms with E-state index >= 15 is 0 Å². The second-order valence-electron chi connectivity index (χ2n) is 7.62. The Morgan fingerprint density at radius 1 is 1.14 bits per heavy atom. The lowest BCUT2D eigenvalue weighted by molar-refractivity contribution is -0.142. The largest absolute Gasteiger partial charge is 0.464 e. The summed E-state index contributed by atoms with van der Waals surface area (Å²) < 4.78 is 5.26. The van der Waals surface area contributed by atoms with Gasteiger partial charge in [0, 0.05) is 11.1 Å². The Kier molecular flexibility index (Phi) is 6.01. The highest BCUT2D eigenvalue weighted by Gasteiger charge is 2.34. The van der Waals surface area contributed by atoms with E-state index in [2.05, 4.69) is 10.2 Å². The number of carbonyl (C=O) groups is 2. The van der Waals surface area contributed by atoms with Crippen molar-refractivity contribution >= 4 is 23.2 Å². The van der Waals surface area contributed by atoms with Crippen LogP contribution in [-0.2, 0) is 16.0 Å². The van der Waals surface area contributed by atoms with Gasteiger partial charge in [0.05, 0.1) is 23.5 Å². The van der Waals surface area contributed by atoms with Crippen molar-refractivity contribution in [3.05, 3.63) is 65.2 Å². The summed E-state index contributed by atoms with van der Waals surface area (Å²) in [5.74, 6) is -0.504. The number of azo groups is 1. The number of ketones is 1. The van der Waals surface area contributed by atoms with Crippen molar-refractivity contribution in [2.45, 2.75) is 45.7 Å². The first-order chi connectivity index (χ1) is 13.8. The molecule has 2 aromatic carbocycles. The lowest BCUT2D eigenvalue weighted by atomic mass is 9.85. The van der Waals surface area contributed by atoms with Crippen LogP contribution in [0.1, 0.15) is 49.2 Å². The predicted molar refractivity (Wildman–Crippen MR) is 112 cm³/mol. The third-order valence-electron chi connectivity index (χ3n) is 4.67. The molecule has 1 unspecified atom stereocenters. The van der Waals surface area contributed by atoms with Crippen molar-refractivity contribution in [3.8, 4) is 0 Å². The topological polar surface area (TPSA) is 80.5 Å². The molecule has 0 aliphatic carbocycles. The number of esters is 1. The van der Waals surface area contributed by atoms with E-state index < -0.39 is 12.0 Å². The van der Waals surface area contributed by atoms with Crippen molar-refractivity contribution < 1.29 is 14.3 Å². The van der Waals surface area contributed by atoms with E-state index in [0.717, 1.165) is 17.5 Å². The first-order valence-corrected chi connectivity index (χ1v) is 9.67. The molecule has 0 N–H and O–H groups in total. The second-order valence-corrected chi connectivity index (χ2v) is 7.62. The summed E-state index contributed by atoms with van der Waals surface area (Å²) in [6, 6.07) is 13.7. The zero-order valence-electron chi connectivity index (χ0n) is 17.2.